The predicted octanol–water partition coefficient (Wildman–Crippen LogP) is 2.26. The van der Waals surface area contributed by atoms with Crippen LogP contribution >= 0.6 is 0 Å². The lowest BCUT2D eigenvalue weighted by Gasteiger charge is -2.17. The Bertz CT molecular complexity index is 392. The molecule has 2 aliphatic rings. The van der Waals surface area contributed by atoms with Gasteiger partial charge in [-0.15, -0.1) is 0 Å². The Hall–Kier alpha value is -1.06. The summed E-state index contributed by atoms with van der Waals surface area (Å²) in [5.74, 6) is 2.91. The molecule has 2 unspecified atom stereocenters. The van der Waals surface area contributed by atoms with Gasteiger partial charge in [-0.2, -0.15) is 0 Å². The van der Waals surface area contributed by atoms with Crippen molar-refractivity contribution in [1.29, 1.82) is 0 Å². The second-order valence-electron chi connectivity index (χ2n) is 5.91. The Morgan fingerprint density at radius 1 is 1.11 bits per heavy atom. The number of hydrogen-bond acceptors (Lipinski definition) is 3. The van der Waals surface area contributed by atoms with E-state index in [0.717, 1.165) is 36.3 Å². The minimum atomic E-state index is 0.594. The van der Waals surface area contributed by atoms with Gasteiger partial charge in [0, 0.05) is 26.2 Å². The molecule has 3 nitrogen and oxygen atoms in total. The molecule has 104 valence electrons. The van der Waals surface area contributed by atoms with E-state index in [4.69, 9.17) is 10.5 Å². The van der Waals surface area contributed by atoms with Gasteiger partial charge < -0.3 is 10.5 Å². The average molecular weight is 260 g/mol. The molecule has 1 heterocycles. The van der Waals surface area contributed by atoms with Gasteiger partial charge in [-0.25, -0.2) is 0 Å². The number of rotatable bonds is 5. The molecule has 1 saturated heterocycles. The smallest absolute Gasteiger partial charge is 0.119 e. The van der Waals surface area contributed by atoms with Crippen molar-refractivity contribution in [1.82, 2.24) is 4.90 Å². The van der Waals surface area contributed by atoms with Crippen LogP contribution in [-0.2, 0) is 6.54 Å². The van der Waals surface area contributed by atoms with Crippen molar-refractivity contribution >= 4 is 0 Å². The fourth-order valence-electron chi connectivity index (χ4n) is 3.53. The molecule has 1 aromatic carbocycles. The molecule has 19 heavy (non-hydrogen) atoms. The van der Waals surface area contributed by atoms with Crippen LogP contribution in [0.15, 0.2) is 24.3 Å². The van der Waals surface area contributed by atoms with Crippen LogP contribution < -0.4 is 10.5 Å². The van der Waals surface area contributed by atoms with Crippen LogP contribution in [0.2, 0.25) is 0 Å². The molecule has 2 N–H and O–H groups in total. The zero-order chi connectivity index (χ0) is 13.1. The lowest BCUT2D eigenvalue weighted by Crippen LogP contribution is -2.27. The number of nitrogens with zero attached hydrogens (tertiary/aromatic N) is 1. The van der Waals surface area contributed by atoms with Crippen LogP contribution in [-0.4, -0.2) is 31.1 Å². The Balaban J connectivity index is 1.41. The zero-order valence-electron chi connectivity index (χ0n) is 11.6. The first-order valence-electron chi connectivity index (χ1n) is 7.49. The van der Waals surface area contributed by atoms with Crippen LogP contribution in [0.4, 0.5) is 0 Å². The van der Waals surface area contributed by atoms with Crippen molar-refractivity contribution < 1.29 is 4.74 Å². The van der Waals surface area contributed by atoms with E-state index in [1.165, 1.54) is 32.4 Å². The molecule has 0 amide bonds. The van der Waals surface area contributed by atoms with E-state index in [9.17, 15) is 0 Å². The Morgan fingerprint density at radius 3 is 2.42 bits per heavy atom. The van der Waals surface area contributed by atoms with Crippen molar-refractivity contribution in [3.8, 4) is 5.75 Å². The van der Waals surface area contributed by atoms with Gasteiger partial charge in [0.2, 0.25) is 0 Å². The van der Waals surface area contributed by atoms with E-state index in [0.29, 0.717) is 6.54 Å². The maximum Gasteiger partial charge on any atom is 0.119 e. The summed E-state index contributed by atoms with van der Waals surface area (Å²) in [7, 11) is 0. The second kappa shape index (κ2) is 5.93. The molecule has 2 fully saturated rings. The SMILES string of the molecule is NCc1ccc(OCCN2CC3CCCC3C2)cc1. The molecule has 2 atom stereocenters. The van der Waals surface area contributed by atoms with E-state index < -0.39 is 0 Å². The number of ether oxygens (including phenoxy) is 1. The fourth-order valence-corrected chi connectivity index (χ4v) is 3.53. The number of fused-ring (bicyclic) bond motifs is 1. The first-order chi connectivity index (χ1) is 9.35. The molecule has 0 radical (unpaired) electrons. The minimum Gasteiger partial charge on any atom is -0.492 e. The van der Waals surface area contributed by atoms with Gasteiger partial charge in [0.25, 0.3) is 0 Å². The monoisotopic (exact) mass is 260 g/mol. The van der Waals surface area contributed by atoms with Crippen molar-refractivity contribution in [2.45, 2.75) is 25.8 Å². The molecular weight excluding hydrogens is 236 g/mol. The third kappa shape index (κ3) is 3.10. The highest BCUT2D eigenvalue weighted by Crippen LogP contribution is 2.37. The highest BCUT2D eigenvalue weighted by molar-refractivity contribution is 5.27. The number of benzene rings is 1. The van der Waals surface area contributed by atoms with Crippen molar-refractivity contribution in [3.05, 3.63) is 29.8 Å². The van der Waals surface area contributed by atoms with E-state index in [1.807, 2.05) is 24.3 Å². The quantitative estimate of drug-likeness (QED) is 0.882. The summed E-state index contributed by atoms with van der Waals surface area (Å²) in [6.45, 7) is 5.03. The molecular formula is C16H24N2O. The molecule has 3 rings (SSSR count). The number of nitrogens with two attached hydrogens (primary N) is 1. The molecule has 3 heteroatoms. The van der Waals surface area contributed by atoms with Gasteiger partial charge in [-0.3, -0.25) is 4.90 Å². The van der Waals surface area contributed by atoms with E-state index in [-0.39, 0.29) is 0 Å². The van der Waals surface area contributed by atoms with Gasteiger partial charge in [-0.05, 0) is 42.4 Å². The van der Waals surface area contributed by atoms with Crippen molar-refractivity contribution in [2.24, 2.45) is 17.6 Å². The summed E-state index contributed by atoms with van der Waals surface area (Å²) in [6.07, 6.45) is 4.35. The second-order valence-corrected chi connectivity index (χ2v) is 5.91. The zero-order valence-corrected chi connectivity index (χ0v) is 11.6. The molecule has 1 aromatic rings. The summed E-state index contributed by atoms with van der Waals surface area (Å²) < 4.78 is 5.81. The van der Waals surface area contributed by atoms with Crippen LogP contribution in [0.3, 0.4) is 0 Å². The summed E-state index contributed by atoms with van der Waals surface area (Å²) >= 11 is 0. The third-order valence-corrected chi connectivity index (χ3v) is 4.64. The van der Waals surface area contributed by atoms with Crippen LogP contribution in [0.25, 0.3) is 0 Å². The van der Waals surface area contributed by atoms with Crippen LogP contribution in [0.5, 0.6) is 5.75 Å². The van der Waals surface area contributed by atoms with Gasteiger partial charge in [0.1, 0.15) is 12.4 Å². The van der Waals surface area contributed by atoms with E-state index >= 15 is 0 Å². The summed E-state index contributed by atoms with van der Waals surface area (Å²) in [4.78, 5) is 2.57. The first kappa shape index (κ1) is 12.9. The summed E-state index contributed by atoms with van der Waals surface area (Å²) in [6, 6.07) is 8.10. The van der Waals surface area contributed by atoms with Gasteiger partial charge in [0.05, 0.1) is 0 Å². The highest BCUT2D eigenvalue weighted by atomic mass is 16.5. The van der Waals surface area contributed by atoms with E-state index in [1.54, 1.807) is 0 Å². The molecule has 0 bridgehead atoms. The Kier molecular flexibility index (Phi) is 4.04. The first-order valence-corrected chi connectivity index (χ1v) is 7.49. The Morgan fingerprint density at radius 2 is 1.79 bits per heavy atom. The average Bonchev–Trinajstić information content (AvgIpc) is 3.00. The predicted molar refractivity (Wildman–Crippen MR) is 77.1 cm³/mol. The minimum absolute atomic E-state index is 0.594. The topological polar surface area (TPSA) is 38.5 Å². The molecule has 1 aliphatic heterocycles. The van der Waals surface area contributed by atoms with E-state index in [2.05, 4.69) is 4.90 Å². The Labute approximate surface area is 115 Å². The van der Waals surface area contributed by atoms with Crippen LogP contribution in [0.1, 0.15) is 24.8 Å². The maximum absolute atomic E-state index is 5.81. The maximum atomic E-state index is 5.81. The molecule has 0 aromatic heterocycles. The summed E-state index contributed by atoms with van der Waals surface area (Å²) in [5.41, 5.74) is 6.73. The van der Waals surface area contributed by atoms with Crippen LogP contribution in [0, 0.1) is 11.8 Å². The van der Waals surface area contributed by atoms with Gasteiger partial charge in [0.15, 0.2) is 0 Å². The standard InChI is InChI=1S/C16H24N2O/c17-10-13-4-6-16(7-5-13)19-9-8-18-11-14-2-1-3-15(14)12-18/h4-7,14-15H,1-3,8-12,17H2. The largest absolute Gasteiger partial charge is 0.492 e. The fraction of sp³-hybridized carbons (Fsp3) is 0.625. The number of hydrogen-bond donors (Lipinski definition) is 1. The lowest BCUT2D eigenvalue weighted by molar-refractivity contribution is 0.227. The molecule has 1 aliphatic carbocycles. The van der Waals surface area contributed by atoms with Crippen molar-refractivity contribution in [2.75, 3.05) is 26.2 Å². The normalized spacial score (nSPS) is 26.6. The van der Waals surface area contributed by atoms with Crippen molar-refractivity contribution in [3.63, 3.8) is 0 Å². The highest BCUT2D eigenvalue weighted by Gasteiger charge is 2.35. The van der Waals surface area contributed by atoms with Gasteiger partial charge in [-0.1, -0.05) is 18.6 Å². The number of likely N-dealkylation sites (tertiary alicyclic amines) is 1. The lowest BCUT2D eigenvalue weighted by atomic mass is 10.0. The molecule has 0 spiro atoms. The third-order valence-electron chi connectivity index (χ3n) is 4.64. The summed E-state index contributed by atoms with van der Waals surface area (Å²) in [5, 5.41) is 0. The molecule has 1 saturated carbocycles. The van der Waals surface area contributed by atoms with Gasteiger partial charge >= 0.3 is 0 Å².